The topological polar surface area (TPSA) is 39.8 Å². The summed E-state index contributed by atoms with van der Waals surface area (Å²) < 4.78 is 46.8. The van der Waals surface area contributed by atoms with Crippen molar-refractivity contribution in [2.45, 2.75) is 51.9 Å². The van der Waals surface area contributed by atoms with Gasteiger partial charge in [-0.3, -0.25) is 0 Å². The van der Waals surface area contributed by atoms with Gasteiger partial charge >= 0.3 is 12.3 Å². The summed E-state index contributed by atoms with van der Waals surface area (Å²) in [4.78, 5) is 5.97. The minimum absolute atomic E-state index is 0.231. The maximum absolute atomic E-state index is 12.3. The number of rotatable bonds is 7. The molecule has 4 nitrogen and oxygen atoms in total. The van der Waals surface area contributed by atoms with E-state index in [0.29, 0.717) is 11.9 Å². The Labute approximate surface area is 186 Å². The number of halogens is 3. The molecule has 1 aliphatic heterocycles. The number of nitrogens with one attached hydrogen (secondary N) is 1. The van der Waals surface area contributed by atoms with Gasteiger partial charge in [-0.15, -0.1) is 13.2 Å². The van der Waals surface area contributed by atoms with Gasteiger partial charge in [-0.2, -0.15) is 4.98 Å². The third kappa shape index (κ3) is 5.51. The lowest BCUT2D eigenvalue weighted by atomic mass is 10.0. The standard InChI is InChI=1S/C25H27F3N2O2/c1-17-5-3-15-30(17)16-4-6-23-18(2)31-24(29-23)21-9-7-19(8-10-21)20-11-13-22(14-12-20)32-25(26,27)28/h7-14,17H,3-6,15-16H2,1-2H3/p+1/t17-/m1/s1. The van der Waals surface area contributed by atoms with Crippen molar-refractivity contribution in [3.63, 3.8) is 0 Å². The number of benzene rings is 2. The van der Waals surface area contributed by atoms with Crippen LogP contribution in [0.4, 0.5) is 13.2 Å². The van der Waals surface area contributed by atoms with Crippen molar-refractivity contribution in [1.82, 2.24) is 4.90 Å². The van der Waals surface area contributed by atoms with E-state index in [1.54, 1.807) is 12.1 Å². The molecule has 3 aromatic rings. The second-order valence-corrected chi connectivity index (χ2v) is 8.37. The molecule has 1 aliphatic rings. The first kappa shape index (κ1) is 22.4. The Balaban J connectivity index is 1.39. The van der Waals surface area contributed by atoms with E-state index in [0.717, 1.165) is 47.5 Å². The summed E-state index contributed by atoms with van der Waals surface area (Å²) in [5.74, 6) is 1.39. The summed E-state index contributed by atoms with van der Waals surface area (Å²) in [5.41, 5.74) is 3.75. The average molecular weight is 446 g/mol. The Bertz CT molecular complexity index is 1030. The van der Waals surface area contributed by atoms with Gasteiger partial charge in [0.05, 0.1) is 5.56 Å². The molecule has 2 heterocycles. The van der Waals surface area contributed by atoms with Gasteiger partial charge in [-0.1, -0.05) is 24.3 Å². The lowest BCUT2D eigenvalue weighted by molar-refractivity contribution is -0.380. The average Bonchev–Trinajstić information content (AvgIpc) is 3.33. The summed E-state index contributed by atoms with van der Waals surface area (Å²) in [7, 11) is 0. The highest BCUT2D eigenvalue weighted by molar-refractivity contribution is 5.67. The van der Waals surface area contributed by atoms with E-state index in [1.807, 2.05) is 31.2 Å². The molecule has 1 atom stereocenters. The second-order valence-electron chi connectivity index (χ2n) is 8.37. The summed E-state index contributed by atoms with van der Waals surface area (Å²) in [6.45, 7) is 6.59. The van der Waals surface area contributed by atoms with Crippen LogP contribution in [0, 0.1) is 6.92 Å². The quantitative estimate of drug-likeness (QED) is 0.444. The smallest absolute Gasteiger partial charge is 0.406 e. The number of alkyl halides is 3. The normalized spacial score (nSPS) is 17.1. The molecule has 0 unspecified atom stereocenters. The first-order chi connectivity index (χ1) is 15.3. The van der Waals surface area contributed by atoms with Crippen LogP contribution in [0.5, 0.6) is 5.75 Å². The first-order valence-corrected chi connectivity index (χ1v) is 11.0. The van der Waals surface area contributed by atoms with Crippen molar-refractivity contribution < 1.29 is 27.3 Å². The molecule has 0 aliphatic carbocycles. The Kier molecular flexibility index (Phi) is 6.55. The van der Waals surface area contributed by atoms with Crippen LogP contribution >= 0.6 is 0 Å². The Morgan fingerprint density at radius 3 is 2.25 bits per heavy atom. The minimum atomic E-state index is -4.69. The third-order valence-corrected chi connectivity index (χ3v) is 6.08. The van der Waals surface area contributed by atoms with Gasteiger partial charge in [0.2, 0.25) is 5.69 Å². The molecule has 7 heteroatoms. The molecule has 170 valence electrons. The minimum Gasteiger partial charge on any atom is -0.406 e. The summed E-state index contributed by atoms with van der Waals surface area (Å²) in [5, 5.41) is 0. The zero-order valence-corrected chi connectivity index (χ0v) is 18.3. The van der Waals surface area contributed by atoms with Gasteiger partial charge in [0.15, 0.2) is 5.76 Å². The number of nitrogens with zero attached hydrogens (tertiary/aromatic N) is 1. The molecule has 2 aromatic carbocycles. The number of H-pyrrole nitrogens is 1. The van der Waals surface area contributed by atoms with Crippen LogP contribution in [-0.2, 0) is 6.42 Å². The largest absolute Gasteiger partial charge is 0.573 e. The molecule has 0 amide bonds. The number of aromatic nitrogens is 1. The van der Waals surface area contributed by atoms with Crippen LogP contribution in [0.1, 0.15) is 37.6 Å². The lowest BCUT2D eigenvalue weighted by Crippen LogP contribution is -2.28. The van der Waals surface area contributed by atoms with Crippen molar-refractivity contribution >= 4 is 0 Å². The van der Waals surface area contributed by atoms with Gasteiger partial charge in [-0.05, 0) is 74.7 Å². The zero-order valence-electron chi connectivity index (χ0n) is 18.3. The maximum Gasteiger partial charge on any atom is 0.573 e. The van der Waals surface area contributed by atoms with Gasteiger partial charge in [0, 0.05) is 19.4 Å². The lowest BCUT2D eigenvalue weighted by Gasteiger charge is -2.19. The Morgan fingerprint density at radius 1 is 1.03 bits per heavy atom. The number of hydrogen-bond acceptors (Lipinski definition) is 3. The SMILES string of the molecule is Cc1oc(-c2ccc(-c3ccc(OC(F)(F)F)cc3)cc2)[nH+]c1CCCN1CCC[C@H]1C. The summed E-state index contributed by atoms with van der Waals surface area (Å²) >= 11 is 0. The van der Waals surface area contributed by atoms with E-state index in [-0.39, 0.29) is 5.75 Å². The second kappa shape index (κ2) is 9.36. The molecule has 32 heavy (non-hydrogen) atoms. The van der Waals surface area contributed by atoms with E-state index in [2.05, 4.69) is 21.5 Å². The molecule has 0 radical (unpaired) electrons. The van der Waals surface area contributed by atoms with Crippen molar-refractivity contribution in [2.24, 2.45) is 0 Å². The fraction of sp³-hybridized carbons (Fsp3) is 0.400. The monoisotopic (exact) mass is 445 g/mol. The summed E-state index contributed by atoms with van der Waals surface area (Å²) in [6, 6.07) is 14.3. The third-order valence-electron chi connectivity index (χ3n) is 6.08. The Morgan fingerprint density at radius 2 is 1.66 bits per heavy atom. The van der Waals surface area contributed by atoms with Gasteiger partial charge < -0.3 is 14.1 Å². The van der Waals surface area contributed by atoms with E-state index < -0.39 is 6.36 Å². The highest BCUT2D eigenvalue weighted by Crippen LogP contribution is 2.28. The molecule has 0 spiro atoms. The fourth-order valence-electron chi connectivity index (χ4n) is 4.28. The zero-order chi connectivity index (χ0) is 22.7. The van der Waals surface area contributed by atoms with Crippen molar-refractivity contribution in [3.05, 3.63) is 60.0 Å². The number of hydrogen-bond donors (Lipinski definition) is 0. The molecule has 1 aromatic heterocycles. The first-order valence-electron chi connectivity index (χ1n) is 11.0. The molecule has 4 rings (SSSR count). The molecular formula is C25H28F3N2O2+. The van der Waals surface area contributed by atoms with Crippen LogP contribution in [0.25, 0.3) is 22.6 Å². The van der Waals surface area contributed by atoms with Crippen LogP contribution in [-0.4, -0.2) is 30.4 Å². The maximum atomic E-state index is 12.3. The van der Waals surface area contributed by atoms with Crippen LogP contribution in [0.15, 0.2) is 52.9 Å². The van der Waals surface area contributed by atoms with Gasteiger partial charge in [0.1, 0.15) is 5.75 Å². The van der Waals surface area contributed by atoms with E-state index in [4.69, 9.17) is 4.42 Å². The van der Waals surface area contributed by atoms with Gasteiger partial charge in [0.25, 0.3) is 0 Å². The molecule has 1 fully saturated rings. The molecule has 0 bridgehead atoms. The molecule has 1 N–H and O–H groups in total. The number of likely N-dealkylation sites (tertiary alicyclic amines) is 1. The number of aryl methyl sites for hydroxylation is 2. The predicted molar refractivity (Wildman–Crippen MR) is 116 cm³/mol. The Hall–Kier alpha value is -2.80. The molecular weight excluding hydrogens is 417 g/mol. The summed E-state index contributed by atoms with van der Waals surface area (Å²) in [6.07, 6.45) is -0.0605. The predicted octanol–water partition coefficient (Wildman–Crippen LogP) is 6.05. The van der Waals surface area contributed by atoms with Crippen LogP contribution < -0.4 is 9.72 Å². The number of oxazole rings is 1. The van der Waals surface area contributed by atoms with Crippen molar-refractivity contribution in [1.29, 1.82) is 0 Å². The van der Waals surface area contributed by atoms with Crippen LogP contribution in [0.3, 0.4) is 0 Å². The van der Waals surface area contributed by atoms with Gasteiger partial charge in [-0.25, -0.2) is 0 Å². The highest BCUT2D eigenvalue weighted by atomic mass is 19.4. The van der Waals surface area contributed by atoms with Crippen LogP contribution in [0.2, 0.25) is 0 Å². The fourth-order valence-corrected chi connectivity index (χ4v) is 4.28. The van der Waals surface area contributed by atoms with E-state index >= 15 is 0 Å². The number of ether oxygens (including phenoxy) is 1. The highest BCUT2D eigenvalue weighted by Gasteiger charge is 2.31. The van der Waals surface area contributed by atoms with E-state index in [1.165, 1.54) is 31.5 Å². The van der Waals surface area contributed by atoms with E-state index in [9.17, 15) is 13.2 Å². The molecule has 0 saturated carbocycles. The molecule has 1 saturated heterocycles. The number of aromatic amines is 1. The van der Waals surface area contributed by atoms with Crippen molar-refractivity contribution in [3.8, 4) is 28.3 Å². The van der Waals surface area contributed by atoms with Crippen molar-refractivity contribution in [2.75, 3.05) is 13.1 Å².